The van der Waals surface area contributed by atoms with Crippen molar-refractivity contribution in [2.24, 2.45) is 0 Å². The first kappa shape index (κ1) is 25.7. The number of carbonyl (C=O) groups is 1. The van der Waals surface area contributed by atoms with Crippen LogP contribution in [0.3, 0.4) is 0 Å². The normalized spacial score (nSPS) is 16.3. The van der Waals surface area contributed by atoms with Crippen LogP contribution in [0.2, 0.25) is 0 Å². The van der Waals surface area contributed by atoms with Crippen molar-refractivity contribution in [1.82, 2.24) is 14.6 Å². The van der Waals surface area contributed by atoms with Gasteiger partial charge in [0.25, 0.3) is 0 Å². The van der Waals surface area contributed by atoms with Gasteiger partial charge in [0.05, 0.1) is 0 Å². The van der Waals surface area contributed by atoms with E-state index in [1.807, 2.05) is 0 Å². The minimum Gasteiger partial charge on any atom is -0.412 e. The van der Waals surface area contributed by atoms with E-state index in [0.29, 0.717) is 6.42 Å². The molecule has 0 bridgehead atoms. The van der Waals surface area contributed by atoms with Crippen molar-refractivity contribution in [2.45, 2.75) is 77.0 Å². The van der Waals surface area contributed by atoms with Crippen LogP contribution < -0.4 is 5.32 Å². The molecule has 2 aliphatic rings. The molecule has 6 heteroatoms. The van der Waals surface area contributed by atoms with Gasteiger partial charge in [-0.3, -0.25) is 4.79 Å². The van der Waals surface area contributed by atoms with Gasteiger partial charge in [-0.25, -0.2) is 0 Å². The molecule has 5 nitrogen and oxygen atoms in total. The number of aryl methyl sites for hydroxylation is 1. The summed E-state index contributed by atoms with van der Waals surface area (Å²) in [7, 11) is 0. The molecule has 0 aromatic carbocycles. The zero-order valence-electron chi connectivity index (χ0n) is 18.8. The summed E-state index contributed by atoms with van der Waals surface area (Å²) in [5.41, 5.74) is 5.85. The molecule has 3 N–H and O–H groups in total. The number of unbranched alkanes of at least 4 members (excludes halogenated alkanes) is 2. The van der Waals surface area contributed by atoms with Gasteiger partial charge in [-0.2, -0.15) is 0 Å². The van der Waals surface area contributed by atoms with Gasteiger partial charge in [0.15, 0.2) is 0 Å². The fraction of sp³-hybridized carbons (Fsp3) is 0.640. The number of nitrogens with one attached hydrogen (secondary N) is 1. The molecule has 3 heterocycles. The predicted molar refractivity (Wildman–Crippen MR) is 130 cm³/mol. The van der Waals surface area contributed by atoms with Gasteiger partial charge >= 0.3 is 0 Å². The van der Waals surface area contributed by atoms with Crippen LogP contribution in [0.25, 0.3) is 5.52 Å². The Morgan fingerprint density at radius 2 is 1.77 bits per heavy atom. The van der Waals surface area contributed by atoms with E-state index in [2.05, 4.69) is 39.0 Å². The number of amides is 1. The van der Waals surface area contributed by atoms with Gasteiger partial charge in [-0.1, -0.05) is 18.9 Å². The number of piperidine rings is 1. The molecular weight excluding hydrogens is 410 g/mol. The summed E-state index contributed by atoms with van der Waals surface area (Å²) in [4.78, 5) is 14.9. The van der Waals surface area contributed by atoms with Crippen molar-refractivity contribution in [2.75, 3.05) is 26.2 Å². The van der Waals surface area contributed by atoms with Gasteiger partial charge in [0.1, 0.15) is 0 Å². The van der Waals surface area contributed by atoms with Crippen LogP contribution in [0.15, 0.2) is 24.4 Å². The lowest BCUT2D eigenvalue weighted by Crippen LogP contribution is -2.30. The minimum absolute atomic E-state index is 0. The fourth-order valence-corrected chi connectivity index (χ4v) is 5.23. The van der Waals surface area contributed by atoms with E-state index in [0.717, 1.165) is 19.4 Å². The molecule has 1 saturated heterocycles. The Balaban J connectivity index is 0.00000171. The van der Waals surface area contributed by atoms with Crippen LogP contribution >= 0.6 is 12.4 Å². The zero-order valence-corrected chi connectivity index (χ0v) is 19.7. The van der Waals surface area contributed by atoms with Gasteiger partial charge < -0.3 is 20.1 Å². The van der Waals surface area contributed by atoms with Crippen LogP contribution in [0.4, 0.5) is 0 Å². The van der Waals surface area contributed by atoms with E-state index in [9.17, 15) is 4.79 Å². The average Bonchev–Trinajstić information content (AvgIpc) is 3.08. The van der Waals surface area contributed by atoms with Crippen molar-refractivity contribution in [1.29, 1.82) is 0 Å². The quantitative estimate of drug-likeness (QED) is 0.585. The number of hydrogen-bond donors (Lipinski definition) is 1. The van der Waals surface area contributed by atoms with E-state index < -0.39 is 0 Å². The molecule has 0 radical (unpaired) electrons. The second-order valence-electron chi connectivity index (χ2n) is 8.88. The van der Waals surface area contributed by atoms with Crippen molar-refractivity contribution in [3.05, 3.63) is 41.2 Å². The molecule has 0 spiro atoms. The highest BCUT2D eigenvalue weighted by atomic mass is 35.5. The lowest BCUT2D eigenvalue weighted by Gasteiger charge is -2.26. The van der Waals surface area contributed by atoms with E-state index in [4.69, 9.17) is 0 Å². The topological polar surface area (TPSA) is 68.2 Å². The van der Waals surface area contributed by atoms with Crippen LogP contribution in [0, 0.1) is 0 Å². The van der Waals surface area contributed by atoms with Crippen LogP contribution in [0.1, 0.15) is 74.6 Å². The molecule has 31 heavy (non-hydrogen) atoms. The number of pyridine rings is 1. The summed E-state index contributed by atoms with van der Waals surface area (Å²) < 4.78 is 2.38. The Bertz CT molecular complexity index is 814. The fourth-order valence-electron chi connectivity index (χ4n) is 5.23. The second-order valence-corrected chi connectivity index (χ2v) is 8.88. The SMILES string of the molecule is Cl.O.O=C(CCCCCN1CCCCC1)NCCc1c2c(n3ccccc13)CCCC2. The van der Waals surface area contributed by atoms with E-state index in [-0.39, 0.29) is 23.8 Å². The van der Waals surface area contributed by atoms with Gasteiger partial charge in [0.2, 0.25) is 5.91 Å². The number of rotatable bonds is 9. The van der Waals surface area contributed by atoms with Gasteiger partial charge in [-0.05, 0) is 101 Å². The first-order valence-electron chi connectivity index (χ1n) is 11.9. The Kier molecular flexibility index (Phi) is 10.9. The molecule has 174 valence electrons. The third-order valence-corrected chi connectivity index (χ3v) is 6.79. The van der Waals surface area contributed by atoms with E-state index >= 15 is 0 Å². The Labute approximate surface area is 193 Å². The molecule has 2 aromatic heterocycles. The molecule has 1 aliphatic carbocycles. The summed E-state index contributed by atoms with van der Waals surface area (Å²) in [6.07, 6.45) is 16.3. The smallest absolute Gasteiger partial charge is 0.220 e. The maximum absolute atomic E-state index is 12.3. The first-order valence-corrected chi connectivity index (χ1v) is 11.9. The number of halogens is 1. The summed E-state index contributed by atoms with van der Waals surface area (Å²) in [5, 5.41) is 3.17. The summed E-state index contributed by atoms with van der Waals surface area (Å²) in [6.45, 7) is 4.53. The number of hydrogen-bond acceptors (Lipinski definition) is 2. The maximum atomic E-state index is 12.3. The molecule has 1 fully saturated rings. The summed E-state index contributed by atoms with van der Waals surface area (Å²) >= 11 is 0. The zero-order chi connectivity index (χ0) is 19.9. The number of likely N-dealkylation sites (tertiary alicyclic amines) is 1. The number of carbonyl (C=O) groups excluding carboxylic acids is 1. The van der Waals surface area contributed by atoms with Crippen LogP contribution in [0.5, 0.6) is 0 Å². The van der Waals surface area contributed by atoms with Crippen molar-refractivity contribution < 1.29 is 10.3 Å². The minimum atomic E-state index is 0. The molecule has 1 amide bonds. The second kappa shape index (κ2) is 13.1. The Morgan fingerprint density at radius 1 is 0.968 bits per heavy atom. The first-order chi connectivity index (χ1) is 14.3. The van der Waals surface area contributed by atoms with Crippen LogP contribution in [-0.4, -0.2) is 46.9 Å². The van der Waals surface area contributed by atoms with Crippen molar-refractivity contribution in [3.63, 3.8) is 0 Å². The molecule has 4 rings (SSSR count). The van der Waals surface area contributed by atoms with Gasteiger partial charge in [0, 0.05) is 30.4 Å². The molecule has 1 aliphatic heterocycles. The summed E-state index contributed by atoms with van der Waals surface area (Å²) in [6, 6.07) is 6.49. The molecule has 0 saturated carbocycles. The average molecular weight is 450 g/mol. The number of nitrogens with zero attached hydrogens (tertiary/aromatic N) is 2. The lowest BCUT2D eigenvalue weighted by molar-refractivity contribution is -0.121. The molecular formula is C25H40ClN3O2. The van der Waals surface area contributed by atoms with Crippen LogP contribution in [-0.2, 0) is 24.1 Å². The standard InChI is InChI=1S/C25H37N3O.ClH.H2O/c29-25(14-3-1-7-17-27-18-8-2-9-19-27)26-16-15-22-21-11-4-5-12-23(21)28-20-10-6-13-24(22)28;;/h6,10,13,20H,1-5,7-9,11-12,14-19H2,(H,26,29);1H;1H2. The Morgan fingerprint density at radius 3 is 2.61 bits per heavy atom. The highest BCUT2D eigenvalue weighted by Gasteiger charge is 2.20. The summed E-state index contributed by atoms with van der Waals surface area (Å²) in [5.74, 6) is 0.223. The highest BCUT2D eigenvalue weighted by molar-refractivity contribution is 5.85. The van der Waals surface area contributed by atoms with Crippen molar-refractivity contribution in [3.8, 4) is 0 Å². The van der Waals surface area contributed by atoms with E-state index in [1.54, 1.807) is 5.56 Å². The molecule has 0 unspecified atom stereocenters. The van der Waals surface area contributed by atoms with E-state index in [1.165, 1.54) is 94.2 Å². The maximum Gasteiger partial charge on any atom is 0.220 e. The molecule has 2 aromatic rings. The third-order valence-electron chi connectivity index (χ3n) is 6.79. The number of aromatic nitrogens is 1. The lowest BCUT2D eigenvalue weighted by atomic mass is 9.93. The predicted octanol–water partition coefficient (Wildman–Crippen LogP) is 4.12. The highest BCUT2D eigenvalue weighted by Crippen LogP contribution is 2.30. The number of fused-ring (bicyclic) bond motifs is 3. The molecule has 0 atom stereocenters. The van der Waals surface area contributed by atoms with Gasteiger partial charge in [-0.15, -0.1) is 12.4 Å². The third kappa shape index (κ3) is 6.71. The largest absolute Gasteiger partial charge is 0.412 e. The Hall–Kier alpha value is -1.56. The monoisotopic (exact) mass is 449 g/mol. The van der Waals surface area contributed by atoms with Crippen molar-refractivity contribution >= 4 is 23.8 Å².